The molecule has 1 aromatic carbocycles. The number of likely N-dealkylation sites (tertiary alicyclic amines) is 1. The van der Waals surface area contributed by atoms with Crippen LogP contribution in [0.25, 0.3) is 33.4 Å². The molecule has 0 unspecified atom stereocenters. The van der Waals surface area contributed by atoms with Crippen molar-refractivity contribution in [1.82, 2.24) is 44.2 Å². The Labute approximate surface area is 221 Å². The van der Waals surface area contributed by atoms with Crippen LogP contribution in [0.15, 0.2) is 30.6 Å². The predicted molar refractivity (Wildman–Crippen MR) is 143 cm³/mol. The highest BCUT2D eigenvalue weighted by Gasteiger charge is 2.32. The van der Waals surface area contributed by atoms with E-state index in [1.807, 2.05) is 41.0 Å². The lowest BCUT2D eigenvalue weighted by Gasteiger charge is -2.33. The van der Waals surface area contributed by atoms with Gasteiger partial charge in [-0.05, 0) is 25.0 Å². The zero-order valence-corrected chi connectivity index (χ0v) is 22.3. The number of rotatable bonds is 3. The van der Waals surface area contributed by atoms with E-state index in [2.05, 4.69) is 33.2 Å². The summed E-state index contributed by atoms with van der Waals surface area (Å²) in [4.78, 5) is 33.4. The number of hydrogen-bond acceptors (Lipinski definition) is 5. The Kier molecular flexibility index (Phi) is 5.93. The van der Waals surface area contributed by atoms with Crippen LogP contribution in [0.2, 0.25) is 0 Å². The Morgan fingerprint density at radius 2 is 1.79 bits per heavy atom. The molecule has 2 aliphatic rings. The molecule has 4 aromatic rings. The number of carbonyl (C=O) groups excluding carboxylic acids is 2. The SMILES string of the molecule is CNC(=O)N1CCn2c(C3CCN(C(C)=O)CC3)nc(-c3ccc4c(c3)c(-c3cnn(C)c3)nn4C)c2C1. The second-order valence-corrected chi connectivity index (χ2v) is 10.3. The van der Waals surface area contributed by atoms with E-state index in [-0.39, 0.29) is 17.9 Å². The summed E-state index contributed by atoms with van der Waals surface area (Å²) < 4.78 is 5.99. The molecule has 3 amide bonds. The fourth-order valence-corrected chi connectivity index (χ4v) is 5.89. The van der Waals surface area contributed by atoms with Gasteiger partial charge in [0.2, 0.25) is 5.91 Å². The molecule has 6 rings (SSSR count). The largest absolute Gasteiger partial charge is 0.343 e. The van der Waals surface area contributed by atoms with Gasteiger partial charge in [-0.3, -0.25) is 14.2 Å². The number of urea groups is 1. The highest BCUT2D eigenvalue weighted by molar-refractivity contribution is 5.95. The first-order valence-electron chi connectivity index (χ1n) is 13.1. The quantitative estimate of drug-likeness (QED) is 0.452. The first kappa shape index (κ1) is 24.2. The van der Waals surface area contributed by atoms with Crippen LogP contribution < -0.4 is 5.32 Å². The average Bonchev–Trinajstić information content (AvgIpc) is 3.62. The minimum absolute atomic E-state index is 0.0821. The maximum Gasteiger partial charge on any atom is 0.317 e. The van der Waals surface area contributed by atoms with Crippen molar-refractivity contribution in [2.45, 2.75) is 38.8 Å². The van der Waals surface area contributed by atoms with Crippen molar-refractivity contribution in [2.75, 3.05) is 26.7 Å². The molecule has 0 radical (unpaired) electrons. The van der Waals surface area contributed by atoms with Gasteiger partial charge in [-0.1, -0.05) is 6.07 Å². The van der Waals surface area contributed by atoms with Gasteiger partial charge in [0.05, 0.1) is 29.6 Å². The Balaban J connectivity index is 1.45. The standard InChI is InChI=1S/C27H33N9O2/c1-17(37)34-9-7-18(8-10-34)26-30-25(23-16-35(27(38)28-2)11-12-36(23)26)19-5-6-22-21(13-19)24(31-33(22)4)20-14-29-32(3)15-20/h5-6,13-15,18H,7-12,16H2,1-4H3,(H,28,38). The molecule has 0 spiro atoms. The van der Waals surface area contributed by atoms with Gasteiger partial charge in [0.15, 0.2) is 0 Å². The number of aryl methyl sites for hydroxylation is 2. The van der Waals surface area contributed by atoms with Crippen LogP contribution >= 0.6 is 0 Å². The van der Waals surface area contributed by atoms with Crippen LogP contribution in [0, 0.1) is 0 Å². The van der Waals surface area contributed by atoms with E-state index in [1.54, 1.807) is 18.7 Å². The van der Waals surface area contributed by atoms with Gasteiger partial charge < -0.3 is 19.7 Å². The third-order valence-corrected chi connectivity index (χ3v) is 7.94. The summed E-state index contributed by atoms with van der Waals surface area (Å²) >= 11 is 0. The van der Waals surface area contributed by atoms with E-state index in [9.17, 15) is 9.59 Å². The first-order chi connectivity index (χ1) is 18.3. The Morgan fingerprint density at radius 3 is 2.47 bits per heavy atom. The summed E-state index contributed by atoms with van der Waals surface area (Å²) in [7, 11) is 5.52. The van der Waals surface area contributed by atoms with Gasteiger partial charge in [0.1, 0.15) is 11.5 Å². The molecule has 2 aliphatic heterocycles. The van der Waals surface area contributed by atoms with Crippen LogP contribution in [0.4, 0.5) is 4.79 Å². The third kappa shape index (κ3) is 4.02. The van der Waals surface area contributed by atoms with E-state index in [1.165, 1.54) is 0 Å². The molecule has 0 bridgehead atoms. The maximum absolute atomic E-state index is 12.5. The predicted octanol–water partition coefficient (Wildman–Crippen LogP) is 2.72. The molecule has 38 heavy (non-hydrogen) atoms. The molecular weight excluding hydrogens is 482 g/mol. The number of nitrogens with one attached hydrogen (secondary N) is 1. The Bertz CT molecular complexity index is 1540. The van der Waals surface area contributed by atoms with Crippen LogP contribution in [-0.2, 0) is 32.0 Å². The maximum atomic E-state index is 12.5. The van der Waals surface area contributed by atoms with Crippen LogP contribution in [0.1, 0.15) is 37.2 Å². The highest BCUT2D eigenvalue weighted by atomic mass is 16.2. The fourth-order valence-electron chi connectivity index (χ4n) is 5.89. The van der Waals surface area contributed by atoms with Crippen LogP contribution in [0.3, 0.4) is 0 Å². The lowest BCUT2D eigenvalue weighted by atomic mass is 9.95. The number of hydrogen-bond donors (Lipinski definition) is 1. The molecule has 5 heterocycles. The number of imidazole rings is 1. The van der Waals surface area contributed by atoms with Crippen molar-refractivity contribution < 1.29 is 9.59 Å². The van der Waals surface area contributed by atoms with Crippen molar-refractivity contribution in [3.05, 3.63) is 42.1 Å². The molecule has 1 saturated heterocycles. The van der Waals surface area contributed by atoms with E-state index in [4.69, 9.17) is 10.1 Å². The average molecular weight is 516 g/mol. The summed E-state index contributed by atoms with van der Waals surface area (Å²) in [6.45, 7) is 4.96. The lowest BCUT2D eigenvalue weighted by Crippen LogP contribution is -2.43. The Hall–Kier alpha value is -4.15. The first-order valence-corrected chi connectivity index (χ1v) is 13.1. The zero-order valence-electron chi connectivity index (χ0n) is 22.3. The minimum atomic E-state index is -0.0821. The second kappa shape index (κ2) is 9.30. The smallest absolute Gasteiger partial charge is 0.317 e. The molecule has 0 saturated carbocycles. The molecule has 1 N–H and O–H groups in total. The van der Waals surface area contributed by atoms with E-state index in [0.29, 0.717) is 19.6 Å². The fraction of sp³-hybridized carbons (Fsp3) is 0.444. The third-order valence-electron chi connectivity index (χ3n) is 7.94. The number of benzene rings is 1. The van der Waals surface area contributed by atoms with Crippen LogP contribution in [0.5, 0.6) is 0 Å². The summed E-state index contributed by atoms with van der Waals surface area (Å²) in [5.74, 6) is 1.47. The van der Waals surface area contributed by atoms with Gasteiger partial charge in [0.25, 0.3) is 0 Å². The number of fused-ring (bicyclic) bond motifs is 2. The van der Waals surface area contributed by atoms with E-state index >= 15 is 0 Å². The number of piperidine rings is 1. The molecular formula is C27H33N9O2. The summed E-state index contributed by atoms with van der Waals surface area (Å²) in [6, 6.07) is 6.27. The summed E-state index contributed by atoms with van der Waals surface area (Å²) in [6.07, 6.45) is 5.59. The zero-order chi connectivity index (χ0) is 26.6. The Morgan fingerprint density at radius 1 is 1.00 bits per heavy atom. The molecule has 0 atom stereocenters. The molecule has 11 heteroatoms. The monoisotopic (exact) mass is 515 g/mol. The van der Waals surface area contributed by atoms with Gasteiger partial charge in [-0.2, -0.15) is 10.2 Å². The molecule has 3 aromatic heterocycles. The van der Waals surface area contributed by atoms with Gasteiger partial charge in [-0.25, -0.2) is 9.78 Å². The van der Waals surface area contributed by atoms with Crippen LogP contribution in [-0.4, -0.2) is 77.5 Å². The second-order valence-electron chi connectivity index (χ2n) is 10.3. The van der Waals surface area contributed by atoms with Crippen molar-refractivity contribution in [2.24, 2.45) is 14.1 Å². The molecule has 1 fully saturated rings. The number of carbonyl (C=O) groups is 2. The molecule has 0 aliphatic carbocycles. The summed E-state index contributed by atoms with van der Waals surface area (Å²) in [5, 5.41) is 12.9. The topological polar surface area (TPSA) is 106 Å². The minimum Gasteiger partial charge on any atom is -0.343 e. The highest BCUT2D eigenvalue weighted by Crippen LogP contribution is 2.37. The molecule has 198 valence electrons. The van der Waals surface area contributed by atoms with E-state index in [0.717, 1.165) is 70.9 Å². The normalized spacial score (nSPS) is 16.2. The van der Waals surface area contributed by atoms with Gasteiger partial charge in [0, 0.05) is 82.9 Å². The van der Waals surface area contributed by atoms with Gasteiger partial charge >= 0.3 is 6.03 Å². The lowest BCUT2D eigenvalue weighted by molar-refractivity contribution is -0.129. The summed E-state index contributed by atoms with van der Waals surface area (Å²) in [5.41, 5.74) is 5.84. The van der Waals surface area contributed by atoms with Crippen molar-refractivity contribution in [3.63, 3.8) is 0 Å². The number of amides is 3. The van der Waals surface area contributed by atoms with Crippen molar-refractivity contribution in [3.8, 4) is 22.5 Å². The van der Waals surface area contributed by atoms with Crippen molar-refractivity contribution >= 4 is 22.8 Å². The van der Waals surface area contributed by atoms with E-state index < -0.39 is 0 Å². The van der Waals surface area contributed by atoms with Crippen molar-refractivity contribution in [1.29, 1.82) is 0 Å². The number of nitrogens with zero attached hydrogens (tertiary/aromatic N) is 8. The van der Waals surface area contributed by atoms with Gasteiger partial charge in [-0.15, -0.1) is 0 Å². The number of aromatic nitrogens is 6. The molecule has 11 nitrogen and oxygen atoms in total.